The van der Waals surface area contributed by atoms with E-state index in [4.69, 9.17) is 0 Å². The highest BCUT2D eigenvalue weighted by molar-refractivity contribution is 6.27. The van der Waals surface area contributed by atoms with E-state index >= 15 is 0 Å². The van der Waals surface area contributed by atoms with Gasteiger partial charge in [0.1, 0.15) is 0 Å². The fourth-order valence-electron chi connectivity index (χ4n) is 7.58. The first-order valence-corrected chi connectivity index (χ1v) is 13.0. The van der Waals surface area contributed by atoms with Crippen molar-refractivity contribution in [1.29, 1.82) is 0 Å². The molecule has 2 saturated heterocycles. The van der Waals surface area contributed by atoms with Gasteiger partial charge in [-0.1, -0.05) is 78.9 Å². The van der Waals surface area contributed by atoms with Crippen molar-refractivity contribution in [3.8, 4) is 0 Å². The molecule has 4 amide bonds. The SMILES string of the molecule is Cc1ccccc1N1C(=O)[C@@H]2C3C=CC(c4ccccc4)([C@H]2C1=O)[C@H]1C(=O)N(c2ccccc2C)C(=O)[C@@H]31. The van der Waals surface area contributed by atoms with Gasteiger partial charge in [-0.05, 0) is 42.7 Å². The second-order valence-corrected chi connectivity index (χ2v) is 10.8. The van der Waals surface area contributed by atoms with Crippen LogP contribution in [0.3, 0.4) is 0 Å². The Morgan fingerprint density at radius 2 is 1.03 bits per heavy atom. The molecule has 3 fully saturated rings. The number of imide groups is 2. The standard InChI is InChI=1S/C32H26N2O4/c1-18-10-6-8-14-22(18)33-28(35)24-21-16-17-32(26(24)30(33)37,20-12-4-3-5-13-20)27-25(21)29(36)34(31(27)38)23-15-9-7-11-19(23)2/h3-17,21,24-27H,1-2H3/t21?,24-,25+,26-,27-,32?/m1/s1. The number of rotatable bonds is 3. The lowest BCUT2D eigenvalue weighted by atomic mass is 9.45. The normalized spacial score (nSPS) is 31.3. The molecule has 3 aromatic rings. The highest BCUT2D eigenvalue weighted by atomic mass is 16.2. The average molecular weight is 503 g/mol. The summed E-state index contributed by atoms with van der Waals surface area (Å²) in [6.07, 6.45) is 3.88. The third-order valence-electron chi connectivity index (χ3n) is 9.14. The average Bonchev–Trinajstić information content (AvgIpc) is 3.37. The zero-order valence-electron chi connectivity index (χ0n) is 21.1. The van der Waals surface area contributed by atoms with Gasteiger partial charge in [0.15, 0.2) is 0 Å². The molecule has 6 atom stereocenters. The van der Waals surface area contributed by atoms with E-state index in [2.05, 4.69) is 0 Å². The summed E-state index contributed by atoms with van der Waals surface area (Å²) >= 11 is 0. The molecule has 38 heavy (non-hydrogen) atoms. The number of allylic oxidation sites excluding steroid dienone is 2. The summed E-state index contributed by atoms with van der Waals surface area (Å²) in [5, 5.41) is 0. The molecular weight excluding hydrogens is 476 g/mol. The largest absolute Gasteiger partial charge is 0.274 e. The van der Waals surface area contributed by atoms with Crippen LogP contribution in [0.1, 0.15) is 16.7 Å². The van der Waals surface area contributed by atoms with E-state index < -0.39 is 35.0 Å². The Morgan fingerprint density at radius 3 is 1.50 bits per heavy atom. The van der Waals surface area contributed by atoms with Crippen LogP contribution in [-0.2, 0) is 24.6 Å². The van der Waals surface area contributed by atoms with Crippen molar-refractivity contribution in [1.82, 2.24) is 0 Å². The fourth-order valence-corrected chi connectivity index (χ4v) is 7.58. The molecule has 6 nitrogen and oxygen atoms in total. The summed E-state index contributed by atoms with van der Waals surface area (Å²) in [7, 11) is 0. The Hall–Kier alpha value is -4.32. The monoisotopic (exact) mass is 502 g/mol. The Kier molecular flexibility index (Phi) is 4.71. The molecule has 2 heterocycles. The first kappa shape index (κ1) is 22.8. The zero-order valence-corrected chi connectivity index (χ0v) is 21.1. The summed E-state index contributed by atoms with van der Waals surface area (Å²) in [4.78, 5) is 59.5. The minimum absolute atomic E-state index is 0.294. The number of para-hydroxylation sites is 2. The number of amides is 4. The molecule has 0 radical (unpaired) electrons. The Balaban J connectivity index is 1.45. The highest BCUT2D eigenvalue weighted by Crippen LogP contribution is 2.65. The van der Waals surface area contributed by atoms with Crippen molar-refractivity contribution < 1.29 is 19.2 Å². The molecule has 3 aromatic carbocycles. The van der Waals surface area contributed by atoms with Crippen LogP contribution < -0.4 is 9.80 Å². The van der Waals surface area contributed by atoms with Crippen molar-refractivity contribution in [2.45, 2.75) is 19.3 Å². The van der Waals surface area contributed by atoms with Crippen molar-refractivity contribution in [3.05, 3.63) is 108 Å². The summed E-state index contributed by atoms with van der Waals surface area (Å²) in [5.74, 6) is -4.73. The third-order valence-corrected chi connectivity index (χ3v) is 9.14. The van der Waals surface area contributed by atoms with Gasteiger partial charge in [-0.2, -0.15) is 0 Å². The molecule has 5 aliphatic rings. The molecule has 6 heteroatoms. The van der Waals surface area contributed by atoms with E-state index in [1.807, 2.05) is 92.7 Å². The number of anilines is 2. The smallest absolute Gasteiger partial charge is 0.238 e. The van der Waals surface area contributed by atoms with Crippen LogP contribution in [0.5, 0.6) is 0 Å². The quantitative estimate of drug-likeness (QED) is 0.394. The predicted molar refractivity (Wildman–Crippen MR) is 142 cm³/mol. The number of benzene rings is 3. The van der Waals surface area contributed by atoms with E-state index in [-0.39, 0.29) is 23.6 Å². The van der Waals surface area contributed by atoms with Crippen molar-refractivity contribution in [3.63, 3.8) is 0 Å². The van der Waals surface area contributed by atoms with Crippen LogP contribution >= 0.6 is 0 Å². The van der Waals surface area contributed by atoms with E-state index in [1.165, 1.54) is 9.80 Å². The molecule has 0 N–H and O–H groups in total. The van der Waals surface area contributed by atoms with Gasteiger partial charge in [0, 0.05) is 11.3 Å². The van der Waals surface area contributed by atoms with Gasteiger partial charge in [0.2, 0.25) is 23.6 Å². The molecule has 188 valence electrons. The van der Waals surface area contributed by atoms with Crippen molar-refractivity contribution >= 4 is 35.0 Å². The van der Waals surface area contributed by atoms with Gasteiger partial charge in [-0.3, -0.25) is 19.2 Å². The van der Waals surface area contributed by atoms with Crippen LogP contribution in [0.4, 0.5) is 11.4 Å². The number of hydrogen-bond acceptors (Lipinski definition) is 4. The summed E-state index contributed by atoms with van der Waals surface area (Å²) in [5.41, 5.74) is 2.42. The van der Waals surface area contributed by atoms with Gasteiger partial charge in [-0.15, -0.1) is 0 Å². The zero-order chi connectivity index (χ0) is 26.3. The lowest BCUT2D eigenvalue weighted by Crippen LogP contribution is -2.60. The van der Waals surface area contributed by atoms with Gasteiger partial charge >= 0.3 is 0 Å². The number of nitrogens with zero attached hydrogens (tertiary/aromatic N) is 2. The maximum atomic E-state index is 14.3. The van der Waals surface area contributed by atoms with Gasteiger partial charge < -0.3 is 0 Å². The first-order valence-electron chi connectivity index (χ1n) is 13.0. The van der Waals surface area contributed by atoms with Gasteiger partial charge in [0.05, 0.1) is 35.0 Å². The molecule has 0 spiro atoms. The van der Waals surface area contributed by atoms with E-state index in [0.717, 1.165) is 16.7 Å². The lowest BCUT2D eigenvalue weighted by molar-refractivity contribution is -0.140. The molecule has 2 unspecified atom stereocenters. The maximum absolute atomic E-state index is 14.3. The summed E-state index contributed by atoms with van der Waals surface area (Å²) in [6, 6.07) is 24.1. The van der Waals surface area contributed by atoms with E-state index in [9.17, 15) is 19.2 Å². The fraction of sp³-hybridized carbons (Fsp3) is 0.250. The second-order valence-electron chi connectivity index (χ2n) is 10.8. The van der Waals surface area contributed by atoms with Crippen molar-refractivity contribution in [2.24, 2.45) is 29.6 Å². The Morgan fingerprint density at radius 1 is 0.579 bits per heavy atom. The highest BCUT2D eigenvalue weighted by Gasteiger charge is 2.75. The number of carbonyl (C=O) groups excluding carboxylic acids is 4. The topological polar surface area (TPSA) is 74.8 Å². The van der Waals surface area contributed by atoms with Crippen LogP contribution in [0.25, 0.3) is 0 Å². The van der Waals surface area contributed by atoms with Gasteiger partial charge in [-0.25, -0.2) is 9.80 Å². The van der Waals surface area contributed by atoms with Crippen LogP contribution in [0, 0.1) is 43.4 Å². The van der Waals surface area contributed by atoms with Crippen LogP contribution in [0.15, 0.2) is 91.0 Å². The molecular formula is C32H26N2O4. The summed E-state index contributed by atoms with van der Waals surface area (Å²) < 4.78 is 0. The van der Waals surface area contributed by atoms with Crippen LogP contribution in [0.2, 0.25) is 0 Å². The summed E-state index contributed by atoms with van der Waals surface area (Å²) in [6.45, 7) is 3.75. The predicted octanol–water partition coefficient (Wildman–Crippen LogP) is 4.35. The molecule has 2 aliphatic heterocycles. The lowest BCUT2D eigenvalue weighted by Gasteiger charge is -2.53. The minimum Gasteiger partial charge on any atom is -0.274 e. The first-order chi connectivity index (χ1) is 18.4. The van der Waals surface area contributed by atoms with E-state index in [0.29, 0.717) is 11.4 Å². The minimum atomic E-state index is -1.11. The van der Waals surface area contributed by atoms with E-state index in [1.54, 1.807) is 12.1 Å². The second kappa shape index (κ2) is 7.84. The number of aryl methyl sites for hydroxylation is 2. The van der Waals surface area contributed by atoms with Gasteiger partial charge in [0.25, 0.3) is 0 Å². The molecule has 2 bridgehead atoms. The van der Waals surface area contributed by atoms with Crippen LogP contribution in [-0.4, -0.2) is 23.6 Å². The molecule has 8 rings (SSSR count). The molecule has 3 aliphatic carbocycles. The molecule has 1 saturated carbocycles. The maximum Gasteiger partial charge on any atom is 0.238 e. The third kappa shape index (κ3) is 2.67. The number of hydrogen-bond donors (Lipinski definition) is 0. The number of carbonyl (C=O) groups is 4. The molecule has 0 aromatic heterocycles. The Bertz CT molecular complexity index is 1490. The van der Waals surface area contributed by atoms with Crippen molar-refractivity contribution in [2.75, 3.05) is 9.80 Å². The Labute approximate surface area is 220 Å².